The molecule has 0 saturated carbocycles. The van der Waals surface area contributed by atoms with Crippen LogP contribution >= 0.6 is 0 Å². The van der Waals surface area contributed by atoms with E-state index in [4.69, 9.17) is 0 Å². The van der Waals surface area contributed by atoms with Crippen LogP contribution in [-0.2, 0) is 4.79 Å². The van der Waals surface area contributed by atoms with Gasteiger partial charge in [0, 0.05) is 19.5 Å². The lowest BCUT2D eigenvalue weighted by molar-refractivity contribution is -0.137. The van der Waals surface area contributed by atoms with E-state index in [0.717, 1.165) is 13.0 Å². The summed E-state index contributed by atoms with van der Waals surface area (Å²) in [6.45, 7) is 12.0. The maximum Gasteiger partial charge on any atom is 0.222 e. The van der Waals surface area contributed by atoms with Gasteiger partial charge in [0.1, 0.15) is 0 Å². The van der Waals surface area contributed by atoms with Crippen LogP contribution < -0.4 is 0 Å². The van der Waals surface area contributed by atoms with Gasteiger partial charge in [-0.25, -0.2) is 0 Å². The van der Waals surface area contributed by atoms with Gasteiger partial charge in [-0.1, -0.05) is 34.6 Å². The molecule has 1 fully saturated rings. The third-order valence-corrected chi connectivity index (χ3v) is 4.23. The van der Waals surface area contributed by atoms with Crippen LogP contribution in [0.3, 0.4) is 0 Å². The van der Waals surface area contributed by atoms with Crippen molar-refractivity contribution in [1.29, 1.82) is 0 Å². The number of piperidine rings is 1. The summed E-state index contributed by atoms with van der Waals surface area (Å²) in [5.41, 5.74) is 0.164. The molecule has 1 aliphatic heterocycles. The molecule has 3 unspecified atom stereocenters. The van der Waals surface area contributed by atoms with E-state index in [1.807, 2.05) is 11.8 Å². The molecule has 1 aliphatic rings. The van der Waals surface area contributed by atoms with Gasteiger partial charge in [-0.05, 0) is 23.7 Å². The number of hydrogen-bond acceptors (Lipinski definition) is 2. The predicted molar refractivity (Wildman–Crippen MR) is 69.6 cm³/mol. The molecule has 0 aromatic carbocycles. The monoisotopic (exact) mass is 241 g/mol. The van der Waals surface area contributed by atoms with Crippen molar-refractivity contribution >= 4 is 5.91 Å². The molecule has 3 heteroatoms. The summed E-state index contributed by atoms with van der Waals surface area (Å²) in [4.78, 5) is 13.9. The Morgan fingerprint density at radius 2 is 2.06 bits per heavy atom. The zero-order valence-electron chi connectivity index (χ0n) is 11.9. The maximum absolute atomic E-state index is 12.1. The van der Waals surface area contributed by atoms with Gasteiger partial charge in [-0.3, -0.25) is 4.79 Å². The normalized spacial score (nSPS) is 28.0. The second-order valence-corrected chi connectivity index (χ2v) is 6.64. The van der Waals surface area contributed by atoms with Crippen molar-refractivity contribution in [2.75, 3.05) is 13.1 Å². The highest BCUT2D eigenvalue weighted by Crippen LogP contribution is 2.29. The van der Waals surface area contributed by atoms with Crippen LogP contribution in [0.4, 0.5) is 0 Å². The topological polar surface area (TPSA) is 40.5 Å². The second-order valence-electron chi connectivity index (χ2n) is 6.64. The quantitative estimate of drug-likeness (QED) is 0.806. The SMILES string of the molecule is CC1CCN(C(=O)CC(C)C(C)(C)C)CC1O. The first-order chi connectivity index (χ1) is 7.71. The minimum atomic E-state index is -0.349. The molecule has 100 valence electrons. The number of aliphatic hydroxyl groups is 1. The Kier molecular flexibility index (Phi) is 4.59. The number of rotatable bonds is 2. The molecular weight excluding hydrogens is 214 g/mol. The number of carbonyl (C=O) groups is 1. The van der Waals surface area contributed by atoms with Gasteiger partial charge in [0.2, 0.25) is 5.91 Å². The third kappa shape index (κ3) is 3.98. The van der Waals surface area contributed by atoms with Crippen molar-refractivity contribution in [3.63, 3.8) is 0 Å². The van der Waals surface area contributed by atoms with Gasteiger partial charge in [-0.15, -0.1) is 0 Å². The molecule has 0 spiro atoms. The Labute approximate surface area is 105 Å². The number of aliphatic hydroxyl groups excluding tert-OH is 1. The minimum Gasteiger partial charge on any atom is -0.391 e. The fraction of sp³-hybridized carbons (Fsp3) is 0.929. The Morgan fingerprint density at radius 1 is 1.47 bits per heavy atom. The van der Waals surface area contributed by atoms with Crippen LogP contribution in [0, 0.1) is 17.3 Å². The van der Waals surface area contributed by atoms with E-state index in [2.05, 4.69) is 27.7 Å². The van der Waals surface area contributed by atoms with Gasteiger partial charge < -0.3 is 10.0 Å². The smallest absolute Gasteiger partial charge is 0.222 e. The number of nitrogens with zero attached hydrogens (tertiary/aromatic N) is 1. The highest BCUT2D eigenvalue weighted by molar-refractivity contribution is 5.76. The molecule has 0 radical (unpaired) electrons. The van der Waals surface area contributed by atoms with Crippen molar-refractivity contribution in [2.45, 2.75) is 53.6 Å². The van der Waals surface area contributed by atoms with E-state index in [9.17, 15) is 9.90 Å². The second kappa shape index (κ2) is 5.38. The standard InChI is InChI=1S/C14H27NO2/c1-10-6-7-15(9-12(10)16)13(17)8-11(2)14(3,4)5/h10-12,16H,6-9H2,1-5H3. The van der Waals surface area contributed by atoms with Crippen LogP contribution in [0.25, 0.3) is 0 Å². The van der Waals surface area contributed by atoms with Crippen LogP contribution in [0.1, 0.15) is 47.5 Å². The van der Waals surface area contributed by atoms with E-state index in [1.165, 1.54) is 0 Å². The van der Waals surface area contributed by atoms with Gasteiger partial charge in [0.05, 0.1) is 6.10 Å². The van der Waals surface area contributed by atoms with E-state index >= 15 is 0 Å². The first-order valence-electron chi connectivity index (χ1n) is 6.67. The first-order valence-corrected chi connectivity index (χ1v) is 6.67. The lowest BCUT2D eigenvalue weighted by Crippen LogP contribution is -2.46. The largest absolute Gasteiger partial charge is 0.391 e. The molecule has 0 bridgehead atoms. The molecule has 3 nitrogen and oxygen atoms in total. The first kappa shape index (κ1) is 14.5. The molecule has 0 aromatic heterocycles. The molecule has 1 rings (SSSR count). The molecule has 0 aromatic rings. The van der Waals surface area contributed by atoms with Crippen molar-refractivity contribution in [3.8, 4) is 0 Å². The average molecular weight is 241 g/mol. The van der Waals surface area contributed by atoms with Gasteiger partial charge in [0.25, 0.3) is 0 Å². The zero-order chi connectivity index (χ0) is 13.2. The van der Waals surface area contributed by atoms with E-state index < -0.39 is 0 Å². The Morgan fingerprint density at radius 3 is 2.53 bits per heavy atom. The maximum atomic E-state index is 12.1. The number of amides is 1. The summed E-state index contributed by atoms with van der Waals surface area (Å²) in [6, 6.07) is 0. The van der Waals surface area contributed by atoms with Crippen molar-refractivity contribution in [1.82, 2.24) is 4.90 Å². The summed E-state index contributed by atoms with van der Waals surface area (Å²) < 4.78 is 0. The van der Waals surface area contributed by atoms with Gasteiger partial charge >= 0.3 is 0 Å². The number of hydrogen-bond donors (Lipinski definition) is 1. The highest BCUT2D eigenvalue weighted by Gasteiger charge is 2.30. The van der Waals surface area contributed by atoms with Gasteiger partial charge in [0.15, 0.2) is 0 Å². The average Bonchev–Trinajstić information content (AvgIpc) is 2.20. The number of β-amino-alcohol motifs (C(OH)–C–C–N with tert-alkyl or cyclic N) is 1. The van der Waals surface area contributed by atoms with Crippen molar-refractivity contribution in [3.05, 3.63) is 0 Å². The number of carbonyl (C=O) groups excluding carboxylic acids is 1. The highest BCUT2D eigenvalue weighted by atomic mass is 16.3. The molecule has 1 heterocycles. The summed E-state index contributed by atoms with van der Waals surface area (Å²) in [5, 5.41) is 9.80. The predicted octanol–water partition coefficient (Wildman–Crippen LogP) is 2.29. The van der Waals surface area contributed by atoms with Gasteiger partial charge in [-0.2, -0.15) is 0 Å². The molecule has 1 saturated heterocycles. The van der Waals surface area contributed by atoms with E-state index in [-0.39, 0.29) is 17.4 Å². The van der Waals surface area contributed by atoms with Crippen molar-refractivity contribution < 1.29 is 9.90 Å². The van der Waals surface area contributed by atoms with E-state index in [1.54, 1.807) is 0 Å². The fourth-order valence-electron chi connectivity index (χ4n) is 1.97. The lowest BCUT2D eigenvalue weighted by Gasteiger charge is -2.36. The van der Waals surface area contributed by atoms with Crippen LogP contribution in [-0.4, -0.2) is 35.1 Å². The summed E-state index contributed by atoms with van der Waals surface area (Å²) in [5.74, 6) is 0.879. The van der Waals surface area contributed by atoms with Crippen LogP contribution in [0.5, 0.6) is 0 Å². The lowest BCUT2D eigenvalue weighted by atomic mass is 9.80. The Balaban J connectivity index is 2.49. The third-order valence-electron chi connectivity index (χ3n) is 4.23. The summed E-state index contributed by atoms with van der Waals surface area (Å²) in [7, 11) is 0. The molecule has 1 amide bonds. The molecule has 17 heavy (non-hydrogen) atoms. The minimum absolute atomic E-state index is 0.164. The number of likely N-dealkylation sites (tertiary alicyclic amines) is 1. The Bertz CT molecular complexity index is 270. The molecular formula is C14H27NO2. The fourth-order valence-corrected chi connectivity index (χ4v) is 1.97. The summed E-state index contributed by atoms with van der Waals surface area (Å²) in [6.07, 6.45) is 1.15. The van der Waals surface area contributed by atoms with Crippen LogP contribution in [0.15, 0.2) is 0 Å². The molecule has 3 atom stereocenters. The van der Waals surface area contributed by atoms with Crippen molar-refractivity contribution in [2.24, 2.45) is 17.3 Å². The summed E-state index contributed by atoms with van der Waals surface area (Å²) >= 11 is 0. The molecule has 0 aliphatic carbocycles. The Hall–Kier alpha value is -0.570. The molecule has 1 N–H and O–H groups in total. The zero-order valence-corrected chi connectivity index (χ0v) is 11.9. The van der Waals surface area contributed by atoms with E-state index in [0.29, 0.717) is 24.8 Å². The van der Waals surface area contributed by atoms with Crippen LogP contribution in [0.2, 0.25) is 0 Å².